The zero-order valence-corrected chi connectivity index (χ0v) is 11.2. The van der Waals surface area contributed by atoms with Crippen LogP contribution in [0, 0.1) is 0 Å². The number of hydrogen-bond acceptors (Lipinski definition) is 3. The first-order valence-electron chi connectivity index (χ1n) is 6.59. The lowest BCUT2D eigenvalue weighted by atomic mass is 10.1. The third-order valence-electron chi connectivity index (χ3n) is 3.52. The van der Waals surface area contributed by atoms with E-state index in [1.165, 1.54) is 31.6 Å². The Bertz CT molecular complexity index is 337. The lowest BCUT2D eigenvalue weighted by molar-refractivity contribution is 0.218. The van der Waals surface area contributed by atoms with Gasteiger partial charge in [0.1, 0.15) is 0 Å². The van der Waals surface area contributed by atoms with E-state index in [4.69, 9.17) is 0 Å². The molecule has 1 aliphatic heterocycles. The van der Waals surface area contributed by atoms with E-state index in [1.54, 1.807) is 0 Å². The van der Waals surface area contributed by atoms with E-state index in [2.05, 4.69) is 40.7 Å². The van der Waals surface area contributed by atoms with Crippen molar-refractivity contribution >= 4 is 0 Å². The molecule has 2 heterocycles. The fraction of sp³-hybridized carbons (Fsp3) is 0.769. The van der Waals surface area contributed by atoms with Crippen LogP contribution in [0.4, 0.5) is 0 Å². The van der Waals surface area contributed by atoms with Gasteiger partial charge in [-0.15, -0.1) is 0 Å². The van der Waals surface area contributed by atoms with E-state index in [1.807, 2.05) is 12.5 Å². The molecular weight excluding hydrogens is 212 g/mol. The van der Waals surface area contributed by atoms with E-state index in [0.717, 1.165) is 6.54 Å². The van der Waals surface area contributed by atoms with Crippen molar-refractivity contribution in [2.45, 2.75) is 45.3 Å². The molecule has 0 radical (unpaired) electrons. The Morgan fingerprint density at radius 3 is 2.76 bits per heavy atom. The largest absolute Gasteiger partial charge is 0.330 e. The standard InChI is InChI=1S/C13H24N4/c1-11(2)15-9-13-8-14-10-17(13)12-4-6-16(3)7-5-12/h8,10-12,15H,4-7,9H2,1-3H3. The average Bonchev–Trinajstić information content (AvgIpc) is 2.75. The number of nitrogens with zero attached hydrogens (tertiary/aromatic N) is 3. The molecule has 1 aromatic heterocycles. The summed E-state index contributed by atoms with van der Waals surface area (Å²) in [5.41, 5.74) is 1.31. The summed E-state index contributed by atoms with van der Waals surface area (Å²) in [6.07, 6.45) is 6.46. The van der Waals surface area contributed by atoms with Crippen molar-refractivity contribution in [3.63, 3.8) is 0 Å². The van der Waals surface area contributed by atoms with Gasteiger partial charge in [0.2, 0.25) is 0 Å². The van der Waals surface area contributed by atoms with Crippen LogP contribution in [0.5, 0.6) is 0 Å². The normalized spacial score (nSPS) is 19.1. The van der Waals surface area contributed by atoms with Crippen molar-refractivity contribution in [2.24, 2.45) is 0 Å². The van der Waals surface area contributed by atoms with Crippen molar-refractivity contribution in [1.82, 2.24) is 19.8 Å². The predicted molar refractivity (Wildman–Crippen MR) is 70.0 cm³/mol. The summed E-state index contributed by atoms with van der Waals surface area (Å²) in [6, 6.07) is 1.16. The molecule has 0 bridgehead atoms. The van der Waals surface area contributed by atoms with Gasteiger partial charge in [-0.05, 0) is 33.0 Å². The molecule has 0 aliphatic carbocycles. The van der Waals surface area contributed by atoms with Crippen molar-refractivity contribution in [3.05, 3.63) is 18.2 Å². The van der Waals surface area contributed by atoms with Crippen LogP contribution >= 0.6 is 0 Å². The van der Waals surface area contributed by atoms with Crippen LogP contribution in [0.15, 0.2) is 12.5 Å². The Morgan fingerprint density at radius 1 is 1.41 bits per heavy atom. The fourth-order valence-electron chi connectivity index (χ4n) is 2.38. The van der Waals surface area contributed by atoms with Crippen LogP contribution in [0.25, 0.3) is 0 Å². The van der Waals surface area contributed by atoms with Crippen LogP contribution in [0.2, 0.25) is 0 Å². The number of rotatable bonds is 4. The molecule has 17 heavy (non-hydrogen) atoms. The van der Waals surface area contributed by atoms with Gasteiger partial charge in [0.15, 0.2) is 0 Å². The molecule has 96 valence electrons. The third-order valence-corrected chi connectivity index (χ3v) is 3.52. The summed E-state index contributed by atoms with van der Waals surface area (Å²) in [5, 5.41) is 3.46. The van der Waals surface area contributed by atoms with Gasteiger partial charge >= 0.3 is 0 Å². The van der Waals surface area contributed by atoms with E-state index in [9.17, 15) is 0 Å². The topological polar surface area (TPSA) is 33.1 Å². The Hall–Kier alpha value is -0.870. The second kappa shape index (κ2) is 5.65. The number of nitrogens with one attached hydrogen (secondary N) is 1. The minimum absolute atomic E-state index is 0.524. The van der Waals surface area contributed by atoms with Gasteiger partial charge in [-0.2, -0.15) is 0 Å². The molecule has 4 heteroatoms. The molecule has 1 fully saturated rings. The molecule has 0 saturated carbocycles. The molecule has 0 spiro atoms. The second-order valence-electron chi connectivity index (χ2n) is 5.36. The lowest BCUT2D eigenvalue weighted by Gasteiger charge is -2.30. The number of aromatic nitrogens is 2. The summed E-state index contributed by atoms with van der Waals surface area (Å²) in [7, 11) is 2.20. The van der Waals surface area contributed by atoms with Gasteiger partial charge in [-0.25, -0.2) is 4.98 Å². The highest BCUT2D eigenvalue weighted by Gasteiger charge is 2.19. The summed E-state index contributed by atoms with van der Waals surface area (Å²) in [4.78, 5) is 6.71. The Kier molecular flexibility index (Phi) is 4.18. The highest BCUT2D eigenvalue weighted by Crippen LogP contribution is 2.23. The highest BCUT2D eigenvalue weighted by atomic mass is 15.2. The van der Waals surface area contributed by atoms with Crippen LogP contribution in [0.1, 0.15) is 38.4 Å². The Balaban J connectivity index is 1.98. The molecule has 0 amide bonds. The monoisotopic (exact) mass is 236 g/mol. The van der Waals surface area contributed by atoms with Gasteiger partial charge in [-0.3, -0.25) is 0 Å². The summed E-state index contributed by atoms with van der Waals surface area (Å²) < 4.78 is 2.36. The zero-order chi connectivity index (χ0) is 12.3. The summed E-state index contributed by atoms with van der Waals surface area (Å²) in [5.74, 6) is 0. The minimum atomic E-state index is 0.524. The van der Waals surface area contributed by atoms with E-state index in [0.29, 0.717) is 12.1 Å². The predicted octanol–water partition coefficient (Wildman–Crippen LogP) is 1.65. The maximum atomic E-state index is 4.30. The third kappa shape index (κ3) is 3.30. The molecule has 2 rings (SSSR count). The maximum absolute atomic E-state index is 4.30. The van der Waals surface area contributed by atoms with Gasteiger partial charge < -0.3 is 14.8 Å². The van der Waals surface area contributed by atoms with Crippen molar-refractivity contribution in [2.75, 3.05) is 20.1 Å². The molecule has 1 saturated heterocycles. The number of imidazole rings is 1. The van der Waals surface area contributed by atoms with Crippen LogP contribution < -0.4 is 5.32 Å². The van der Waals surface area contributed by atoms with Crippen LogP contribution in [-0.4, -0.2) is 40.6 Å². The second-order valence-corrected chi connectivity index (χ2v) is 5.36. The van der Waals surface area contributed by atoms with Gasteiger partial charge in [-0.1, -0.05) is 13.8 Å². The van der Waals surface area contributed by atoms with E-state index >= 15 is 0 Å². The van der Waals surface area contributed by atoms with E-state index < -0.39 is 0 Å². The average molecular weight is 236 g/mol. The van der Waals surface area contributed by atoms with Crippen LogP contribution in [-0.2, 0) is 6.54 Å². The minimum Gasteiger partial charge on any atom is -0.330 e. The molecule has 1 N–H and O–H groups in total. The number of piperidine rings is 1. The molecule has 4 nitrogen and oxygen atoms in total. The Labute approximate surface area is 104 Å². The van der Waals surface area contributed by atoms with Crippen molar-refractivity contribution in [3.8, 4) is 0 Å². The molecule has 1 aliphatic rings. The molecule has 1 aromatic rings. The number of hydrogen-bond donors (Lipinski definition) is 1. The van der Waals surface area contributed by atoms with E-state index in [-0.39, 0.29) is 0 Å². The van der Waals surface area contributed by atoms with Crippen molar-refractivity contribution < 1.29 is 0 Å². The lowest BCUT2D eigenvalue weighted by Crippen LogP contribution is -2.32. The summed E-state index contributed by atoms with van der Waals surface area (Å²) >= 11 is 0. The van der Waals surface area contributed by atoms with Crippen LogP contribution in [0.3, 0.4) is 0 Å². The van der Waals surface area contributed by atoms with Gasteiger partial charge in [0.05, 0.1) is 12.0 Å². The first kappa shape index (κ1) is 12.6. The first-order chi connectivity index (χ1) is 8.16. The summed E-state index contributed by atoms with van der Waals surface area (Å²) in [6.45, 7) is 7.66. The van der Waals surface area contributed by atoms with Gasteiger partial charge in [0, 0.05) is 24.8 Å². The SMILES string of the molecule is CC(C)NCc1cncn1C1CCN(C)CC1. The molecule has 0 unspecified atom stereocenters. The fourth-order valence-corrected chi connectivity index (χ4v) is 2.38. The molecule has 0 aromatic carbocycles. The smallest absolute Gasteiger partial charge is 0.0951 e. The quantitative estimate of drug-likeness (QED) is 0.863. The van der Waals surface area contributed by atoms with Crippen molar-refractivity contribution in [1.29, 1.82) is 0 Å². The zero-order valence-electron chi connectivity index (χ0n) is 11.2. The number of likely N-dealkylation sites (tertiary alicyclic amines) is 1. The molecular formula is C13H24N4. The highest BCUT2D eigenvalue weighted by molar-refractivity contribution is 5.01. The first-order valence-corrected chi connectivity index (χ1v) is 6.59. The van der Waals surface area contributed by atoms with Gasteiger partial charge in [0.25, 0.3) is 0 Å². The maximum Gasteiger partial charge on any atom is 0.0951 e. The molecule has 0 atom stereocenters. The Morgan fingerprint density at radius 2 is 2.12 bits per heavy atom.